The molecule has 0 saturated heterocycles. The Labute approximate surface area is 216 Å². The second kappa shape index (κ2) is 11.5. The van der Waals surface area contributed by atoms with Crippen molar-refractivity contribution in [2.24, 2.45) is 4.99 Å². The Bertz CT molecular complexity index is 1270. The van der Waals surface area contributed by atoms with Gasteiger partial charge < -0.3 is 15.3 Å². The van der Waals surface area contributed by atoms with Crippen LogP contribution in [-0.2, 0) is 22.4 Å². The van der Waals surface area contributed by atoms with Crippen molar-refractivity contribution in [3.63, 3.8) is 0 Å². The Kier molecular flexibility index (Phi) is 8.18. The number of fused-ring (bicyclic) bond motifs is 1. The molecule has 7 heteroatoms. The zero-order chi connectivity index (χ0) is 25.7. The summed E-state index contributed by atoms with van der Waals surface area (Å²) >= 11 is 6.16. The first-order chi connectivity index (χ1) is 17.3. The first-order valence-corrected chi connectivity index (χ1v) is 12.4. The number of aliphatic carboxylic acids is 1. The van der Waals surface area contributed by atoms with Crippen molar-refractivity contribution in [2.75, 3.05) is 26.0 Å². The van der Waals surface area contributed by atoms with Crippen molar-refractivity contribution in [1.82, 2.24) is 4.90 Å². The van der Waals surface area contributed by atoms with Crippen molar-refractivity contribution in [3.05, 3.63) is 94.0 Å². The van der Waals surface area contributed by atoms with Gasteiger partial charge in [-0.15, -0.1) is 0 Å². The summed E-state index contributed by atoms with van der Waals surface area (Å²) in [5.41, 5.74) is 5.92. The molecule has 0 fully saturated rings. The molecule has 0 radical (unpaired) electrons. The van der Waals surface area contributed by atoms with Gasteiger partial charge in [-0.1, -0.05) is 54.1 Å². The number of nitrogens with one attached hydrogen (secondary N) is 1. The van der Waals surface area contributed by atoms with E-state index in [1.807, 2.05) is 42.5 Å². The third-order valence-electron chi connectivity index (χ3n) is 6.25. The van der Waals surface area contributed by atoms with Gasteiger partial charge in [0.05, 0.1) is 11.4 Å². The Morgan fingerprint density at radius 3 is 2.33 bits per heavy atom. The minimum atomic E-state index is -0.829. The highest BCUT2D eigenvalue weighted by Gasteiger charge is 2.35. The van der Waals surface area contributed by atoms with Crippen molar-refractivity contribution < 1.29 is 14.7 Å². The van der Waals surface area contributed by atoms with Gasteiger partial charge in [0.1, 0.15) is 5.92 Å². The molecular formula is C29H30ClN3O3. The topological polar surface area (TPSA) is 82.0 Å². The number of carboxylic acids is 1. The van der Waals surface area contributed by atoms with Crippen LogP contribution in [0.25, 0.3) is 0 Å². The van der Waals surface area contributed by atoms with Gasteiger partial charge in [0.2, 0.25) is 5.91 Å². The molecule has 1 amide bonds. The number of benzene rings is 3. The maximum Gasteiger partial charge on any atom is 0.303 e. The highest BCUT2D eigenvalue weighted by Crippen LogP contribution is 2.37. The third kappa shape index (κ3) is 6.39. The number of carbonyl (C=O) groups is 2. The molecule has 186 valence electrons. The second-order valence-electron chi connectivity index (χ2n) is 9.31. The van der Waals surface area contributed by atoms with Crippen LogP contribution in [0.15, 0.2) is 71.7 Å². The number of hydrogen-bond acceptors (Lipinski definition) is 4. The number of aryl methyl sites for hydroxylation is 2. The molecule has 1 atom stereocenters. The lowest BCUT2D eigenvalue weighted by atomic mass is 9.90. The summed E-state index contributed by atoms with van der Waals surface area (Å²) in [6.45, 7) is 1.03. The fourth-order valence-corrected chi connectivity index (χ4v) is 4.54. The molecule has 0 bridgehead atoms. The fraction of sp³-hybridized carbons (Fsp3) is 0.276. The number of anilines is 1. The van der Waals surface area contributed by atoms with Crippen LogP contribution in [0.3, 0.4) is 0 Å². The maximum absolute atomic E-state index is 13.1. The van der Waals surface area contributed by atoms with Gasteiger partial charge in [0.25, 0.3) is 0 Å². The minimum Gasteiger partial charge on any atom is -0.481 e. The van der Waals surface area contributed by atoms with Gasteiger partial charge in [-0.25, -0.2) is 0 Å². The molecule has 0 aromatic heterocycles. The van der Waals surface area contributed by atoms with Crippen LogP contribution < -0.4 is 5.32 Å². The predicted molar refractivity (Wildman–Crippen MR) is 145 cm³/mol. The number of carbonyl (C=O) groups excluding carboxylic acids is 1. The highest BCUT2D eigenvalue weighted by atomic mass is 35.5. The Hall–Kier alpha value is -3.48. The Morgan fingerprint density at radius 1 is 1.00 bits per heavy atom. The van der Waals surface area contributed by atoms with Crippen molar-refractivity contribution in [2.45, 2.75) is 31.6 Å². The Balaban J connectivity index is 1.67. The number of amides is 1. The molecule has 6 nitrogen and oxygen atoms in total. The van der Waals surface area contributed by atoms with E-state index in [2.05, 4.69) is 36.4 Å². The molecule has 1 aliphatic heterocycles. The average molecular weight is 504 g/mol. The van der Waals surface area contributed by atoms with Crippen LogP contribution in [0.2, 0.25) is 5.02 Å². The lowest BCUT2D eigenvalue weighted by Crippen LogP contribution is -2.22. The standard InChI is InChI=1S/C29H30ClN3O3/c1-33(2)17-3-4-19-7-13-23(14-8-19)31-28(21-10-5-20(6-11-21)9-16-26(34)35)27-24-15-12-22(30)18-25(24)32-29(27)36/h5-8,10-15,18,27H,3-4,9,16-17H2,1-2H3,(H,32,36)(H,34,35). The molecule has 0 spiro atoms. The normalized spacial score (nSPS) is 15.2. The molecule has 36 heavy (non-hydrogen) atoms. The summed E-state index contributed by atoms with van der Waals surface area (Å²) in [7, 11) is 4.15. The number of aliphatic imine (C=N–C) groups is 1. The highest BCUT2D eigenvalue weighted by molar-refractivity contribution is 6.31. The summed E-state index contributed by atoms with van der Waals surface area (Å²) in [4.78, 5) is 31.2. The van der Waals surface area contributed by atoms with E-state index in [4.69, 9.17) is 21.7 Å². The summed E-state index contributed by atoms with van der Waals surface area (Å²) in [6.07, 6.45) is 2.59. The first-order valence-electron chi connectivity index (χ1n) is 12.0. The molecule has 0 saturated carbocycles. The molecule has 2 N–H and O–H groups in total. The predicted octanol–water partition coefficient (Wildman–Crippen LogP) is 5.71. The van der Waals surface area contributed by atoms with E-state index in [1.165, 1.54) is 5.56 Å². The number of halogens is 1. The summed E-state index contributed by atoms with van der Waals surface area (Å²) in [5, 5.41) is 12.5. The number of nitrogens with zero attached hydrogens (tertiary/aromatic N) is 2. The number of rotatable bonds is 10. The average Bonchev–Trinajstić information content (AvgIpc) is 3.16. The van der Waals surface area contributed by atoms with Crippen LogP contribution in [0.4, 0.5) is 11.4 Å². The van der Waals surface area contributed by atoms with Crippen molar-refractivity contribution in [3.8, 4) is 0 Å². The van der Waals surface area contributed by atoms with Crippen molar-refractivity contribution in [1.29, 1.82) is 0 Å². The molecule has 1 unspecified atom stereocenters. The van der Waals surface area contributed by atoms with Gasteiger partial charge in [-0.2, -0.15) is 0 Å². The smallest absolute Gasteiger partial charge is 0.303 e. The summed E-state index contributed by atoms with van der Waals surface area (Å²) in [6, 6.07) is 21.2. The lowest BCUT2D eigenvalue weighted by molar-refractivity contribution is -0.137. The van der Waals surface area contributed by atoms with Crippen LogP contribution in [0.5, 0.6) is 0 Å². The van der Waals surface area contributed by atoms with Crippen molar-refractivity contribution >= 4 is 40.6 Å². The second-order valence-corrected chi connectivity index (χ2v) is 9.75. The van der Waals surface area contributed by atoms with Crippen LogP contribution in [0.1, 0.15) is 41.0 Å². The number of hydrogen-bond donors (Lipinski definition) is 2. The lowest BCUT2D eigenvalue weighted by Gasteiger charge is -2.15. The molecule has 3 aromatic carbocycles. The maximum atomic E-state index is 13.1. The van der Waals surface area contributed by atoms with Gasteiger partial charge >= 0.3 is 5.97 Å². The zero-order valence-corrected chi connectivity index (χ0v) is 21.3. The Morgan fingerprint density at radius 2 is 1.67 bits per heavy atom. The molecule has 0 aliphatic carbocycles. The molecule has 3 aromatic rings. The molecule has 1 heterocycles. The minimum absolute atomic E-state index is 0.0698. The quantitative estimate of drug-likeness (QED) is 0.347. The monoisotopic (exact) mass is 503 g/mol. The van der Waals surface area contributed by atoms with Crippen LogP contribution in [-0.4, -0.2) is 48.2 Å². The van der Waals surface area contributed by atoms with Crippen LogP contribution >= 0.6 is 11.6 Å². The summed E-state index contributed by atoms with van der Waals surface area (Å²) in [5.74, 6) is -1.56. The number of carboxylic acid groups (broad SMARTS) is 1. The van der Waals surface area contributed by atoms with E-state index in [-0.39, 0.29) is 12.3 Å². The largest absolute Gasteiger partial charge is 0.481 e. The molecule has 4 rings (SSSR count). The fourth-order valence-electron chi connectivity index (χ4n) is 4.37. The zero-order valence-electron chi connectivity index (χ0n) is 20.5. The van der Waals surface area contributed by atoms with Gasteiger partial charge in [0, 0.05) is 17.1 Å². The van der Waals surface area contributed by atoms with E-state index >= 15 is 0 Å². The third-order valence-corrected chi connectivity index (χ3v) is 6.49. The first kappa shape index (κ1) is 25.6. The molecule has 1 aliphatic rings. The molecular weight excluding hydrogens is 474 g/mol. The van der Waals surface area contributed by atoms with Crippen LogP contribution in [0, 0.1) is 0 Å². The van der Waals surface area contributed by atoms with E-state index in [9.17, 15) is 9.59 Å². The van der Waals surface area contributed by atoms with Gasteiger partial charge in [0.15, 0.2) is 0 Å². The van der Waals surface area contributed by atoms with Gasteiger partial charge in [-0.05, 0) is 86.4 Å². The van der Waals surface area contributed by atoms with E-state index in [0.29, 0.717) is 22.8 Å². The van der Waals surface area contributed by atoms with E-state index < -0.39 is 11.9 Å². The van der Waals surface area contributed by atoms with E-state index in [1.54, 1.807) is 12.1 Å². The van der Waals surface area contributed by atoms with Gasteiger partial charge in [-0.3, -0.25) is 14.6 Å². The SMILES string of the molecule is CN(C)CCCc1ccc(N=C(c2ccc(CCC(=O)O)cc2)C2C(=O)Nc3cc(Cl)ccc32)cc1. The summed E-state index contributed by atoms with van der Waals surface area (Å²) < 4.78 is 0. The van der Waals surface area contributed by atoms with E-state index in [0.717, 1.165) is 41.8 Å².